The smallest absolute Gasteiger partial charge is 0.409 e. The molecule has 2 aromatic rings. The third kappa shape index (κ3) is 5.54. The van der Waals surface area contributed by atoms with E-state index in [0.29, 0.717) is 17.2 Å². The molecule has 0 radical (unpaired) electrons. The molecule has 2 saturated heterocycles. The highest BCUT2D eigenvalue weighted by molar-refractivity contribution is 5.86. The summed E-state index contributed by atoms with van der Waals surface area (Å²) in [5.74, 6) is 1.41. The maximum Gasteiger partial charge on any atom is 0.409 e. The van der Waals surface area contributed by atoms with E-state index in [1.807, 2.05) is 12.1 Å². The molecule has 6 heteroatoms. The van der Waals surface area contributed by atoms with Crippen LogP contribution in [0.15, 0.2) is 24.4 Å². The number of hydrogen-bond donors (Lipinski definition) is 1. The van der Waals surface area contributed by atoms with Crippen molar-refractivity contribution >= 4 is 17.0 Å². The van der Waals surface area contributed by atoms with Gasteiger partial charge in [-0.1, -0.05) is 20.8 Å². The van der Waals surface area contributed by atoms with Gasteiger partial charge in [-0.05, 0) is 99.6 Å². The van der Waals surface area contributed by atoms with Gasteiger partial charge in [-0.15, -0.1) is 0 Å². The van der Waals surface area contributed by atoms with Gasteiger partial charge in [-0.3, -0.25) is 4.90 Å². The van der Waals surface area contributed by atoms with Crippen LogP contribution in [-0.2, 0) is 6.54 Å². The molecule has 3 heterocycles. The molecule has 35 heavy (non-hydrogen) atoms. The van der Waals surface area contributed by atoms with Crippen molar-refractivity contribution < 1.29 is 9.53 Å². The minimum atomic E-state index is -0.756. The van der Waals surface area contributed by atoms with Crippen LogP contribution in [0.25, 0.3) is 10.9 Å². The monoisotopic (exact) mass is 480 g/mol. The van der Waals surface area contributed by atoms with E-state index in [9.17, 15) is 4.79 Å². The molecule has 192 valence electrons. The molecule has 3 aliphatic rings. The number of piperidine rings is 1. The zero-order valence-electron chi connectivity index (χ0n) is 22.0. The number of carbonyl (C=O) groups is 1. The Labute approximate surface area is 210 Å². The second kappa shape index (κ2) is 10.1. The molecule has 5 rings (SSSR count). The summed E-state index contributed by atoms with van der Waals surface area (Å²) in [7, 11) is 0. The fourth-order valence-electron chi connectivity index (χ4n) is 6.93. The molecule has 2 aliphatic heterocycles. The second-order valence-corrected chi connectivity index (χ2v) is 12.3. The molecule has 1 amide bonds. The van der Waals surface area contributed by atoms with Gasteiger partial charge >= 0.3 is 6.09 Å². The average Bonchev–Trinajstić information content (AvgIpc) is 3.47. The Morgan fingerprint density at radius 1 is 0.971 bits per heavy atom. The molecule has 1 aliphatic carbocycles. The average molecular weight is 481 g/mol. The van der Waals surface area contributed by atoms with Crippen LogP contribution in [0.4, 0.5) is 4.79 Å². The number of hydrogen-bond acceptors (Lipinski definition) is 4. The van der Waals surface area contributed by atoms with Crippen LogP contribution in [0.3, 0.4) is 0 Å². The first-order valence-electron chi connectivity index (χ1n) is 13.8. The van der Waals surface area contributed by atoms with E-state index in [0.717, 1.165) is 18.5 Å². The quantitative estimate of drug-likeness (QED) is 0.575. The van der Waals surface area contributed by atoms with Crippen molar-refractivity contribution in [2.45, 2.75) is 90.8 Å². The van der Waals surface area contributed by atoms with Gasteiger partial charge in [-0.2, -0.15) is 0 Å². The fraction of sp³-hybridized carbons (Fsp3) is 0.690. The Balaban J connectivity index is 1.29. The summed E-state index contributed by atoms with van der Waals surface area (Å²) in [4.78, 5) is 16.7. The first kappa shape index (κ1) is 24.6. The van der Waals surface area contributed by atoms with E-state index >= 15 is 0 Å². The predicted octanol–water partition coefficient (Wildman–Crippen LogP) is 5.94. The summed E-state index contributed by atoms with van der Waals surface area (Å²) in [5.41, 5.74) is 8.31. The number of likely N-dealkylation sites (tertiary alicyclic amines) is 2. The largest absolute Gasteiger partial charge is 0.410 e. The lowest BCUT2D eigenvalue weighted by Gasteiger charge is -2.43. The SMILES string of the molecule is CC(C)(C)C1CCC(N2CCC(n3cc(CN4CCCC4)c4cc(OC(N)=O)ccc43)CC2)CC1. The summed E-state index contributed by atoms with van der Waals surface area (Å²) in [5, 5.41) is 1.19. The molecular formula is C29H44N4O2. The number of fused-ring (bicyclic) bond motifs is 1. The van der Waals surface area contributed by atoms with Crippen molar-refractivity contribution in [1.29, 1.82) is 0 Å². The summed E-state index contributed by atoms with van der Waals surface area (Å²) in [6.07, 6.45) is 12.1. The van der Waals surface area contributed by atoms with Crippen LogP contribution in [0.2, 0.25) is 0 Å². The minimum absolute atomic E-state index is 0.447. The number of nitrogens with zero attached hydrogens (tertiary/aromatic N) is 3. The zero-order valence-corrected chi connectivity index (χ0v) is 22.0. The van der Waals surface area contributed by atoms with E-state index < -0.39 is 6.09 Å². The van der Waals surface area contributed by atoms with Crippen molar-refractivity contribution in [2.24, 2.45) is 17.1 Å². The molecule has 0 spiro atoms. The Hall–Kier alpha value is -2.05. The Morgan fingerprint density at radius 2 is 1.66 bits per heavy atom. The third-order valence-corrected chi connectivity index (χ3v) is 9.03. The number of aromatic nitrogens is 1. The van der Waals surface area contributed by atoms with Crippen molar-refractivity contribution in [1.82, 2.24) is 14.4 Å². The lowest BCUT2D eigenvalue weighted by molar-refractivity contribution is 0.0723. The van der Waals surface area contributed by atoms with Crippen LogP contribution >= 0.6 is 0 Å². The second-order valence-electron chi connectivity index (χ2n) is 12.3. The molecule has 1 aromatic heterocycles. The number of rotatable bonds is 5. The van der Waals surface area contributed by atoms with Crippen molar-refractivity contribution in [3.05, 3.63) is 30.0 Å². The minimum Gasteiger partial charge on any atom is -0.410 e. The highest BCUT2D eigenvalue weighted by atomic mass is 16.5. The highest BCUT2D eigenvalue weighted by Gasteiger charge is 2.33. The molecule has 0 bridgehead atoms. The number of ether oxygens (including phenoxy) is 1. The van der Waals surface area contributed by atoms with E-state index in [-0.39, 0.29) is 0 Å². The van der Waals surface area contributed by atoms with Gasteiger partial charge in [0.25, 0.3) is 0 Å². The van der Waals surface area contributed by atoms with Gasteiger partial charge < -0.3 is 19.9 Å². The van der Waals surface area contributed by atoms with E-state index in [2.05, 4.69) is 47.4 Å². The number of amides is 1. The molecule has 1 aromatic carbocycles. The van der Waals surface area contributed by atoms with Gasteiger partial charge in [-0.25, -0.2) is 4.79 Å². The normalized spacial score (nSPS) is 25.3. The van der Waals surface area contributed by atoms with E-state index in [1.54, 1.807) is 0 Å². The Kier molecular flexibility index (Phi) is 7.13. The summed E-state index contributed by atoms with van der Waals surface area (Å²) < 4.78 is 7.74. The van der Waals surface area contributed by atoms with Crippen LogP contribution in [-0.4, -0.2) is 52.7 Å². The summed E-state index contributed by atoms with van der Waals surface area (Å²) >= 11 is 0. The molecule has 0 unspecified atom stereocenters. The highest BCUT2D eigenvalue weighted by Crippen LogP contribution is 2.40. The van der Waals surface area contributed by atoms with Gasteiger partial charge in [0.05, 0.1) is 0 Å². The molecule has 3 fully saturated rings. The Morgan fingerprint density at radius 3 is 2.29 bits per heavy atom. The fourth-order valence-corrected chi connectivity index (χ4v) is 6.93. The Bertz CT molecular complexity index is 1020. The van der Waals surface area contributed by atoms with Crippen molar-refractivity contribution in [2.75, 3.05) is 26.2 Å². The lowest BCUT2D eigenvalue weighted by Crippen LogP contribution is -2.44. The first-order chi connectivity index (χ1) is 16.8. The standard InChI is InChI=1S/C29H44N4O2/c1-29(2,3)22-6-8-23(9-7-22)32-16-12-24(13-17-32)33-20-21(19-31-14-4-5-15-31)26-18-25(35-28(30)34)10-11-27(26)33/h10-11,18,20,22-24H,4-9,12-17,19H2,1-3H3,(H2,30,34). The predicted molar refractivity (Wildman–Crippen MR) is 142 cm³/mol. The van der Waals surface area contributed by atoms with E-state index in [4.69, 9.17) is 10.5 Å². The maximum atomic E-state index is 11.3. The molecule has 0 atom stereocenters. The zero-order chi connectivity index (χ0) is 24.6. The summed E-state index contributed by atoms with van der Waals surface area (Å²) in [6, 6.07) is 7.29. The van der Waals surface area contributed by atoms with Gasteiger partial charge in [0.2, 0.25) is 0 Å². The number of nitrogens with two attached hydrogens (primary N) is 1. The molecule has 1 saturated carbocycles. The van der Waals surface area contributed by atoms with Crippen LogP contribution in [0.1, 0.15) is 83.7 Å². The van der Waals surface area contributed by atoms with Crippen LogP contribution in [0.5, 0.6) is 5.75 Å². The van der Waals surface area contributed by atoms with Crippen molar-refractivity contribution in [3.63, 3.8) is 0 Å². The van der Waals surface area contributed by atoms with Crippen LogP contribution < -0.4 is 10.5 Å². The number of benzene rings is 1. The molecule has 6 nitrogen and oxygen atoms in total. The number of primary amides is 1. The van der Waals surface area contributed by atoms with Gasteiger partial charge in [0.1, 0.15) is 5.75 Å². The molecule has 2 N–H and O–H groups in total. The molecular weight excluding hydrogens is 436 g/mol. The first-order valence-corrected chi connectivity index (χ1v) is 13.8. The summed E-state index contributed by atoms with van der Waals surface area (Å²) in [6.45, 7) is 12.9. The van der Waals surface area contributed by atoms with Crippen LogP contribution in [0, 0.1) is 11.3 Å². The van der Waals surface area contributed by atoms with Gasteiger partial charge in [0.15, 0.2) is 0 Å². The van der Waals surface area contributed by atoms with Crippen molar-refractivity contribution in [3.8, 4) is 5.75 Å². The topological polar surface area (TPSA) is 63.7 Å². The lowest BCUT2D eigenvalue weighted by atomic mass is 9.71. The van der Waals surface area contributed by atoms with Gasteiger partial charge in [0, 0.05) is 48.8 Å². The number of carbonyl (C=O) groups excluding carboxylic acids is 1. The third-order valence-electron chi connectivity index (χ3n) is 9.03. The van der Waals surface area contributed by atoms with E-state index in [1.165, 1.54) is 94.0 Å². The maximum absolute atomic E-state index is 11.3.